The largest absolute Gasteiger partial charge is 0.394 e. The number of aliphatic hydroxyl groups is 27. The summed E-state index contributed by atoms with van der Waals surface area (Å²) in [7, 11) is 0. The van der Waals surface area contributed by atoms with Crippen LogP contribution in [-0.2, 0) is 90.1 Å². The molecule has 9 saturated heterocycles. The van der Waals surface area contributed by atoms with Crippen LogP contribution in [0.4, 0.5) is 0 Å². The normalized spacial score (nSPS) is 51.2. The molecular weight excluding hydrogens is 1460 g/mol. The van der Waals surface area contributed by atoms with Crippen LogP contribution in [0.1, 0.15) is 13.8 Å². The molecule has 0 radical (unpaired) electrons. The van der Waals surface area contributed by atoms with Gasteiger partial charge in [0.05, 0.1) is 59.5 Å². The molecule has 0 aromatic rings. The number of ether oxygens (including phenoxy) is 17. The highest BCUT2D eigenvalue weighted by Crippen LogP contribution is 2.40. The molecule has 0 aromatic carbocycles. The van der Waals surface area contributed by atoms with Gasteiger partial charge >= 0.3 is 0 Å². The molecule has 9 heterocycles. The monoisotopic (exact) mass is 1560 g/mol. The Bertz CT molecular complexity index is 2710. The highest BCUT2D eigenvalue weighted by Gasteiger charge is 2.61. The van der Waals surface area contributed by atoms with Crippen LogP contribution in [-0.4, -0.2) is 485 Å². The predicted molar refractivity (Wildman–Crippen MR) is 320 cm³/mol. The number of nitrogens with one attached hydrogen (secondary N) is 2. The first-order valence-corrected chi connectivity index (χ1v) is 33.7. The lowest BCUT2D eigenvalue weighted by Gasteiger charge is -2.51. The van der Waals surface area contributed by atoms with Crippen LogP contribution < -0.4 is 10.6 Å². The van der Waals surface area contributed by atoms with Gasteiger partial charge in [-0.1, -0.05) is 0 Å². The quantitative estimate of drug-likeness (QED) is 0.0363. The Morgan fingerprint density at radius 3 is 0.915 bits per heavy atom. The van der Waals surface area contributed by atoms with E-state index in [2.05, 4.69) is 10.6 Å². The smallest absolute Gasteiger partial charge is 0.217 e. The fraction of sp³-hybridized carbons (Fsp3) is 0.966. The van der Waals surface area contributed by atoms with Crippen molar-refractivity contribution in [3.05, 3.63) is 0 Å². The highest BCUT2D eigenvalue weighted by atomic mass is 16.8. The minimum Gasteiger partial charge on any atom is -0.394 e. The van der Waals surface area contributed by atoms with Crippen LogP contribution in [0.5, 0.6) is 0 Å². The third-order valence-electron chi connectivity index (χ3n) is 19.5. The van der Waals surface area contributed by atoms with Gasteiger partial charge in [-0.25, -0.2) is 0 Å². The van der Waals surface area contributed by atoms with Crippen molar-refractivity contribution in [1.82, 2.24) is 10.6 Å². The van der Waals surface area contributed by atoms with Crippen molar-refractivity contribution in [2.45, 2.75) is 290 Å². The third-order valence-corrected chi connectivity index (χ3v) is 19.5. The second-order valence-electron chi connectivity index (χ2n) is 26.7. The van der Waals surface area contributed by atoms with Crippen molar-refractivity contribution in [2.75, 3.05) is 59.5 Å². The fourth-order valence-electron chi connectivity index (χ4n) is 13.5. The lowest BCUT2D eigenvalue weighted by molar-refractivity contribution is -0.414. The molecular formula is C58H98N2O46. The summed E-state index contributed by atoms with van der Waals surface area (Å²) in [5.74, 6) is -1.72. The molecule has 9 aliphatic rings. The van der Waals surface area contributed by atoms with Gasteiger partial charge in [0.15, 0.2) is 56.6 Å². The van der Waals surface area contributed by atoms with Crippen LogP contribution in [0.2, 0.25) is 0 Å². The van der Waals surface area contributed by atoms with E-state index in [1.807, 2.05) is 0 Å². The van der Waals surface area contributed by atoms with E-state index in [1.54, 1.807) is 0 Å². The molecule has 106 heavy (non-hydrogen) atoms. The summed E-state index contributed by atoms with van der Waals surface area (Å²) < 4.78 is 98.9. The predicted octanol–water partition coefficient (Wildman–Crippen LogP) is -20.3. The molecule has 2 amide bonds. The maximum absolute atomic E-state index is 12.9. The van der Waals surface area contributed by atoms with Crippen LogP contribution >= 0.6 is 0 Å². The molecule has 9 fully saturated rings. The van der Waals surface area contributed by atoms with Gasteiger partial charge in [0.2, 0.25) is 11.8 Å². The lowest BCUT2D eigenvalue weighted by Crippen LogP contribution is -2.70. The molecule has 0 saturated carbocycles. The Morgan fingerprint density at radius 2 is 0.509 bits per heavy atom. The van der Waals surface area contributed by atoms with Gasteiger partial charge in [-0.15, -0.1) is 0 Å². The molecule has 9 aliphatic heterocycles. The highest BCUT2D eigenvalue weighted by molar-refractivity contribution is 5.73. The summed E-state index contributed by atoms with van der Waals surface area (Å²) in [6.07, 6.45) is -90.7. The van der Waals surface area contributed by atoms with Gasteiger partial charge < -0.3 is 229 Å². The average Bonchev–Trinajstić information content (AvgIpc) is 0.767. The summed E-state index contributed by atoms with van der Waals surface area (Å²) in [4.78, 5) is 25.0. The zero-order valence-corrected chi connectivity index (χ0v) is 56.2. The molecule has 616 valence electrons. The Kier molecular flexibility index (Phi) is 31.1. The maximum Gasteiger partial charge on any atom is 0.217 e. The summed E-state index contributed by atoms with van der Waals surface area (Å²) in [5.41, 5.74) is 0. The average molecular weight is 1560 g/mol. The minimum absolute atomic E-state index is 0.782. The SMILES string of the molecule is CC(=O)N[C@H]1[C@H](O[C@H]2[C@H](O)[C@@H](NC(C)=O)C(O)O[C@@H]2CO)O[C@H](CO)[C@@H](O[C@@H]2O[C@H](CO[C@H]3O[C@H](CO[C@H]4O[C@H](CO)[C@@H](O)[C@H](O)[C@@H]4O)[C@@H](O)[C@H](O)[C@@H]3O)[C@@H](O)[C@H](O[C@H]3O[C@H](CO)[C@@H](O)[C@H](O)[C@@H]3O[C@H]3O[C@H](CO)[C@@H](O)[C@H](O)[C@@H]3O[C@H]3O[C@H](CO)[C@@H](O)[C@H](O)[C@@H]3O[C@H]3O[C@H](CO)[C@@H](O)[C@H](O)[C@H]3O)[C@@H]2O)[C@@H]1O. The van der Waals surface area contributed by atoms with Crippen LogP contribution in [0.25, 0.3) is 0 Å². The lowest BCUT2D eigenvalue weighted by atomic mass is 9.94. The summed E-state index contributed by atoms with van der Waals surface area (Å²) in [6, 6.07) is -3.54. The van der Waals surface area contributed by atoms with Crippen molar-refractivity contribution < 1.29 is 228 Å². The topological polar surface area (TPSA) is 761 Å². The summed E-state index contributed by atoms with van der Waals surface area (Å²) >= 11 is 0. The second-order valence-corrected chi connectivity index (χ2v) is 26.7. The molecule has 48 heteroatoms. The first-order chi connectivity index (χ1) is 50.2. The van der Waals surface area contributed by atoms with E-state index in [1.165, 1.54) is 0 Å². The standard InChI is InChI=1S/C58H98N2O46/c1-12(68)59-23-32(77)44(19(8-66)92-50(23)89)101-51-24(60-13(2)69)33(78)45(20(9-67)98-51)102-55-43(88)46(31(76)22(100-55)11-91-53-41(86)36(81)30(75)21(99-53)10-90-52-40(85)34(79)25(70)14(3-61)93-52)103-56-48(38(83)28(73)16(5-63)95-56)105-58-49(39(84)29(74)18(7-65)97-58)106-57-47(37(82)27(72)17(6-64)96-57)104-54-42(87)35(80)26(71)15(4-62)94-54/h14-58,61-67,70-89H,3-11H2,1-2H3,(H,59,68)(H,60,69)/t14-,15-,16-,17-,18-,19-,20-,21-,22-,23-,24-,25-,26-,27-,28-,29-,30-,31-,32-,33-,34+,35+,36+,37+,38+,39+,40+,41+,42-,43+,44-,45-,46+,47+,48+,49+,50?,51+,52+,53+,54-,55+,56-,57-,58-/m1/s1. The molecule has 29 N–H and O–H groups in total. The van der Waals surface area contributed by atoms with E-state index in [4.69, 9.17) is 80.5 Å². The number of rotatable bonds is 27. The van der Waals surface area contributed by atoms with Crippen molar-refractivity contribution in [2.24, 2.45) is 0 Å². The molecule has 0 aliphatic carbocycles. The fourth-order valence-corrected chi connectivity index (χ4v) is 13.5. The van der Waals surface area contributed by atoms with Crippen molar-refractivity contribution >= 4 is 11.8 Å². The van der Waals surface area contributed by atoms with E-state index in [0.717, 1.165) is 13.8 Å². The minimum atomic E-state index is -2.57. The molecule has 0 aromatic heterocycles. The zero-order valence-electron chi connectivity index (χ0n) is 56.2. The Balaban J connectivity index is 1.03. The van der Waals surface area contributed by atoms with E-state index in [9.17, 15) is 147 Å². The molecule has 45 atom stereocenters. The molecule has 0 bridgehead atoms. The number of hydrogen-bond donors (Lipinski definition) is 29. The van der Waals surface area contributed by atoms with E-state index < -0.39 is 348 Å². The Morgan fingerprint density at radius 1 is 0.245 bits per heavy atom. The molecule has 48 nitrogen and oxygen atoms in total. The summed E-state index contributed by atoms with van der Waals surface area (Å²) in [5, 5.41) is 301. The molecule has 9 rings (SSSR count). The number of aliphatic hydroxyl groups excluding tert-OH is 27. The number of carbonyl (C=O) groups excluding carboxylic acids is 2. The van der Waals surface area contributed by atoms with E-state index in [-0.39, 0.29) is 0 Å². The van der Waals surface area contributed by atoms with Gasteiger partial charge in [0.1, 0.15) is 220 Å². The number of amides is 2. The van der Waals surface area contributed by atoms with Gasteiger partial charge in [-0.3, -0.25) is 9.59 Å². The van der Waals surface area contributed by atoms with Gasteiger partial charge in [-0.05, 0) is 0 Å². The first kappa shape index (κ1) is 87.2. The zero-order chi connectivity index (χ0) is 77.9. The van der Waals surface area contributed by atoms with Gasteiger partial charge in [0.25, 0.3) is 0 Å². The van der Waals surface area contributed by atoms with E-state index in [0.29, 0.717) is 0 Å². The van der Waals surface area contributed by atoms with Crippen LogP contribution in [0.3, 0.4) is 0 Å². The van der Waals surface area contributed by atoms with Crippen LogP contribution in [0, 0.1) is 0 Å². The van der Waals surface area contributed by atoms with Crippen molar-refractivity contribution in [3.63, 3.8) is 0 Å². The molecule has 0 spiro atoms. The number of carbonyl (C=O) groups is 2. The first-order valence-electron chi connectivity index (χ1n) is 33.7. The Hall–Kier alpha value is -2.82. The third kappa shape index (κ3) is 18.7. The van der Waals surface area contributed by atoms with Crippen LogP contribution in [0.15, 0.2) is 0 Å². The Labute approximate surface area is 598 Å². The van der Waals surface area contributed by atoms with Gasteiger partial charge in [-0.2, -0.15) is 0 Å². The van der Waals surface area contributed by atoms with Crippen molar-refractivity contribution in [1.29, 1.82) is 0 Å². The maximum atomic E-state index is 12.9. The van der Waals surface area contributed by atoms with Crippen molar-refractivity contribution in [3.8, 4) is 0 Å². The molecule has 1 unspecified atom stereocenters. The van der Waals surface area contributed by atoms with E-state index >= 15 is 0 Å². The second kappa shape index (κ2) is 37.9. The summed E-state index contributed by atoms with van der Waals surface area (Å²) in [6.45, 7) is -7.60. The van der Waals surface area contributed by atoms with Gasteiger partial charge in [0, 0.05) is 13.8 Å². The number of hydrogen-bond acceptors (Lipinski definition) is 46.